The first-order chi connectivity index (χ1) is 9.65. The molecule has 20 heavy (non-hydrogen) atoms. The molecule has 1 aliphatic rings. The summed E-state index contributed by atoms with van der Waals surface area (Å²) in [6.45, 7) is 3.98. The normalized spacial score (nSPS) is 20.9. The maximum absolute atomic E-state index is 11.7. The largest absolute Gasteiger partial charge is 0.366 e. The highest BCUT2D eigenvalue weighted by Crippen LogP contribution is 2.23. The van der Waals surface area contributed by atoms with E-state index in [0.717, 1.165) is 12.1 Å². The number of benzene rings is 1. The van der Waals surface area contributed by atoms with Gasteiger partial charge in [0.25, 0.3) is 0 Å². The first-order valence-electron chi connectivity index (χ1n) is 6.73. The molecule has 0 radical (unpaired) electrons. The van der Waals surface area contributed by atoms with E-state index in [2.05, 4.69) is 23.2 Å². The fraction of sp³-hybridized carbons (Fsp3) is 0.467. The van der Waals surface area contributed by atoms with E-state index in [4.69, 9.17) is 10.00 Å². The summed E-state index contributed by atoms with van der Waals surface area (Å²) in [5.74, 6) is -0.0901. The number of amides is 1. The number of hydrogen-bond donors (Lipinski definition) is 1. The lowest BCUT2D eigenvalue weighted by Crippen LogP contribution is -2.49. The van der Waals surface area contributed by atoms with Gasteiger partial charge in [0.15, 0.2) is 0 Å². The number of carbonyl (C=O) groups is 1. The minimum absolute atomic E-state index is 0.0901. The van der Waals surface area contributed by atoms with Crippen molar-refractivity contribution in [1.82, 2.24) is 10.2 Å². The summed E-state index contributed by atoms with van der Waals surface area (Å²) in [6, 6.07) is 9.90. The summed E-state index contributed by atoms with van der Waals surface area (Å²) in [5, 5.41) is 11.6. The molecule has 1 fully saturated rings. The average molecular weight is 273 g/mol. The van der Waals surface area contributed by atoms with Crippen molar-refractivity contribution in [2.75, 3.05) is 26.7 Å². The Bertz CT molecular complexity index is 524. The van der Waals surface area contributed by atoms with Gasteiger partial charge in [0.1, 0.15) is 6.10 Å². The molecule has 5 nitrogen and oxygen atoms in total. The summed E-state index contributed by atoms with van der Waals surface area (Å²) in [6.07, 6.45) is -0.421. The van der Waals surface area contributed by atoms with E-state index in [1.807, 2.05) is 18.2 Å². The Hall–Kier alpha value is -1.90. The molecule has 0 aromatic heterocycles. The van der Waals surface area contributed by atoms with Crippen molar-refractivity contribution >= 4 is 5.91 Å². The quantitative estimate of drug-likeness (QED) is 0.894. The van der Waals surface area contributed by atoms with Crippen LogP contribution in [-0.2, 0) is 9.53 Å². The van der Waals surface area contributed by atoms with E-state index >= 15 is 0 Å². The van der Waals surface area contributed by atoms with Crippen LogP contribution in [0.4, 0.5) is 0 Å². The standard InChI is InChI=1S/C15H19N3O2/c1-11(13-5-3-4-12(8-13)9-16)18-6-7-20-14(10-18)15(19)17-2/h3-5,8,11,14H,6-7,10H2,1-2H3,(H,17,19). The van der Waals surface area contributed by atoms with Gasteiger partial charge in [0.05, 0.1) is 18.2 Å². The maximum atomic E-state index is 11.7. The van der Waals surface area contributed by atoms with Crippen LogP contribution in [0, 0.1) is 11.3 Å². The van der Waals surface area contributed by atoms with Gasteiger partial charge in [-0.05, 0) is 24.6 Å². The third-order valence-electron chi connectivity index (χ3n) is 3.68. The lowest BCUT2D eigenvalue weighted by atomic mass is 10.0. The van der Waals surface area contributed by atoms with Gasteiger partial charge >= 0.3 is 0 Å². The first-order valence-corrected chi connectivity index (χ1v) is 6.73. The van der Waals surface area contributed by atoms with Crippen molar-refractivity contribution in [3.05, 3.63) is 35.4 Å². The molecule has 106 valence electrons. The van der Waals surface area contributed by atoms with Gasteiger partial charge in [0, 0.05) is 26.2 Å². The number of morpholine rings is 1. The van der Waals surface area contributed by atoms with Crippen LogP contribution >= 0.6 is 0 Å². The Morgan fingerprint density at radius 1 is 1.60 bits per heavy atom. The van der Waals surface area contributed by atoms with Crippen molar-refractivity contribution in [1.29, 1.82) is 5.26 Å². The number of likely N-dealkylation sites (N-methyl/N-ethyl adjacent to an activating group) is 1. The Balaban J connectivity index is 2.10. The van der Waals surface area contributed by atoms with Crippen molar-refractivity contribution in [2.45, 2.75) is 19.1 Å². The minimum Gasteiger partial charge on any atom is -0.366 e. The van der Waals surface area contributed by atoms with Crippen LogP contribution in [0.25, 0.3) is 0 Å². The van der Waals surface area contributed by atoms with Crippen molar-refractivity contribution in [3.63, 3.8) is 0 Å². The molecule has 1 amide bonds. The van der Waals surface area contributed by atoms with Crippen LogP contribution in [0.15, 0.2) is 24.3 Å². The van der Waals surface area contributed by atoms with Gasteiger partial charge < -0.3 is 10.1 Å². The van der Waals surface area contributed by atoms with E-state index in [1.165, 1.54) is 0 Å². The number of carbonyl (C=O) groups excluding carboxylic acids is 1. The molecule has 2 atom stereocenters. The second-order valence-corrected chi connectivity index (χ2v) is 4.88. The molecule has 2 unspecified atom stereocenters. The molecule has 0 aliphatic carbocycles. The summed E-state index contributed by atoms with van der Waals surface area (Å²) in [7, 11) is 1.62. The van der Waals surface area contributed by atoms with E-state index in [-0.39, 0.29) is 11.9 Å². The fourth-order valence-electron chi connectivity index (χ4n) is 2.42. The van der Waals surface area contributed by atoms with E-state index < -0.39 is 6.10 Å². The van der Waals surface area contributed by atoms with Crippen LogP contribution in [0.5, 0.6) is 0 Å². The predicted molar refractivity (Wildman–Crippen MR) is 75.0 cm³/mol. The van der Waals surface area contributed by atoms with Crippen LogP contribution < -0.4 is 5.32 Å². The molecule has 5 heteroatoms. The number of ether oxygens (including phenoxy) is 1. The Morgan fingerprint density at radius 2 is 2.40 bits per heavy atom. The van der Waals surface area contributed by atoms with Crippen molar-refractivity contribution < 1.29 is 9.53 Å². The third kappa shape index (κ3) is 3.16. The molecule has 1 heterocycles. The number of rotatable bonds is 3. The van der Waals surface area contributed by atoms with Crippen molar-refractivity contribution in [3.8, 4) is 6.07 Å². The van der Waals surface area contributed by atoms with Gasteiger partial charge in [0.2, 0.25) is 5.91 Å². The molecule has 0 saturated carbocycles. The topological polar surface area (TPSA) is 65.4 Å². The smallest absolute Gasteiger partial charge is 0.250 e. The van der Waals surface area contributed by atoms with Gasteiger partial charge in [-0.15, -0.1) is 0 Å². The van der Waals surface area contributed by atoms with E-state index in [9.17, 15) is 4.79 Å². The van der Waals surface area contributed by atoms with Crippen molar-refractivity contribution in [2.24, 2.45) is 0 Å². The number of nitriles is 1. The third-order valence-corrected chi connectivity index (χ3v) is 3.68. The molecular weight excluding hydrogens is 254 g/mol. The lowest BCUT2D eigenvalue weighted by molar-refractivity contribution is -0.139. The average Bonchev–Trinajstić information content (AvgIpc) is 2.53. The van der Waals surface area contributed by atoms with E-state index in [0.29, 0.717) is 18.7 Å². The van der Waals surface area contributed by atoms with Gasteiger partial charge in [-0.1, -0.05) is 12.1 Å². The Morgan fingerprint density at radius 3 is 3.10 bits per heavy atom. The molecule has 0 spiro atoms. The van der Waals surface area contributed by atoms with Gasteiger partial charge in [-0.25, -0.2) is 0 Å². The monoisotopic (exact) mass is 273 g/mol. The summed E-state index contributed by atoms with van der Waals surface area (Å²) in [4.78, 5) is 13.9. The van der Waals surface area contributed by atoms with Crippen LogP contribution in [0.1, 0.15) is 24.1 Å². The zero-order valence-corrected chi connectivity index (χ0v) is 11.8. The molecule has 1 N–H and O–H groups in total. The molecule has 2 rings (SSSR count). The zero-order valence-electron chi connectivity index (χ0n) is 11.8. The number of nitrogens with one attached hydrogen (secondary N) is 1. The highest BCUT2D eigenvalue weighted by atomic mass is 16.5. The Labute approximate surface area is 119 Å². The molecule has 1 aromatic rings. The lowest BCUT2D eigenvalue weighted by Gasteiger charge is -2.36. The second kappa shape index (κ2) is 6.51. The minimum atomic E-state index is -0.421. The summed E-state index contributed by atoms with van der Waals surface area (Å²) in [5.41, 5.74) is 1.74. The first kappa shape index (κ1) is 14.5. The summed E-state index contributed by atoms with van der Waals surface area (Å²) >= 11 is 0. The predicted octanol–water partition coefficient (Wildman–Crippen LogP) is 1.07. The Kier molecular flexibility index (Phi) is 4.72. The van der Waals surface area contributed by atoms with Gasteiger partial charge in [-0.2, -0.15) is 5.26 Å². The van der Waals surface area contributed by atoms with Crippen LogP contribution in [0.2, 0.25) is 0 Å². The highest BCUT2D eigenvalue weighted by molar-refractivity contribution is 5.80. The number of hydrogen-bond acceptors (Lipinski definition) is 4. The second-order valence-electron chi connectivity index (χ2n) is 4.88. The molecule has 0 bridgehead atoms. The van der Waals surface area contributed by atoms with Gasteiger partial charge in [-0.3, -0.25) is 9.69 Å². The highest BCUT2D eigenvalue weighted by Gasteiger charge is 2.28. The van der Waals surface area contributed by atoms with Crippen LogP contribution in [0.3, 0.4) is 0 Å². The summed E-state index contributed by atoms with van der Waals surface area (Å²) < 4.78 is 5.49. The molecular formula is C15H19N3O2. The maximum Gasteiger partial charge on any atom is 0.250 e. The number of nitrogens with zero attached hydrogens (tertiary/aromatic N) is 2. The fourth-order valence-corrected chi connectivity index (χ4v) is 2.42. The SMILES string of the molecule is CNC(=O)C1CN(C(C)c2cccc(C#N)c2)CCO1. The molecule has 1 saturated heterocycles. The van der Waals surface area contributed by atoms with E-state index in [1.54, 1.807) is 13.1 Å². The molecule has 1 aromatic carbocycles. The van der Waals surface area contributed by atoms with Crippen LogP contribution in [-0.4, -0.2) is 43.7 Å². The molecule has 1 aliphatic heterocycles. The zero-order chi connectivity index (χ0) is 14.5.